The molecule has 0 spiro atoms. The molecule has 0 saturated carbocycles. The van der Waals surface area contributed by atoms with Crippen LogP contribution in [0.3, 0.4) is 0 Å². The first-order chi connectivity index (χ1) is 11.6. The highest BCUT2D eigenvalue weighted by atomic mass is 16.3. The van der Waals surface area contributed by atoms with E-state index in [9.17, 15) is 10.2 Å². The summed E-state index contributed by atoms with van der Waals surface area (Å²) in [6, 6.07) is 19.8. The van der Waals surface area contributed by atoms with Crippen LogP contribution in [0, 0.1) is 0 Å². The molecular weight excluding hydrogens is 302 g/mol. The third kappa shape index (κ3) is 2.32. The van der Waals surface area contributed by atoms with E-state index in [1.165, 1.54) is 0 Å². The number of phenols is 2. The van der Waals surface area contributed by atoms with Crippen LogP contribution in [0.4, 0.5) is 5.95 Å². The van der Waals surface area contributed by atoms with E-state index in [1.807, 2.05) is 34.9 Å². The third-order valence-electron chi connectivity index (χ3n) is 3.99. The number of fused-ring (bicyclic) bond motifs is 1. The minimum Gasteiger partial charge on any atom is -0.508 e. The Hall–Kier alpha value is -3.47. The minimum absolute atomic E-state index is 0.200. The first kappa shape index (κ1) is 14.1. The largest absolute Gasteiger partial charge is 0.508 e. The molecule has 0 atom stereocenters. The van der Waals surface area contributed by atoms with Crippen LogP contribution in [0.2, 0.25) is 0 Å². The van der Waals surface area contributed by atoms with Gasteiger partial charge in [-0.3, -0.25) is 4.57 Å². The number of aromatic hydroxyl groups is 2. The number of benzene rings is 3. The number of anilines is 1. The maximum Gasteiger partial charge on any atom is 0.205 e. The Morgan fingerprint density at radius 1 is 0.750 bits per heavy atom. The quantitative estimate of drug-likeness (QED) is 0.526. The first-order valence-corrected chi connectivity index (χ1v) is 7.48. The molecule has 1 heterocycles. The van der Waals surface area contributed by atoms with Gasteiger partial charge in [-0.2, -0.15) is 0 Å². The summed E-state index contributed by atoms with van der Waals surface area (Å²) >= 11 is 0. The van der Waals surface area contributed by atoms with Crippen molar-refractivity contribution in [2.24, 2.45) is 0 Å². The zero-order chi connectivity index (χ0) is 16.7. The van der Waals surface area contributed by atoms with Crippen LogP contribution < -0.4 is 5.73 Å². The molecule has 118 valence electrons. The Morgan fingerprint density at radius 2 is 1.33 bits per heavy atom. The van der Waals surface area contributed by atoms with E-state index in [-0.39, 0.29) is 11.5 Å². The number of nitrogen functional groups attached to an aromatic ring is 1. The summed E-state index contributed by atoms with van der Waals surface area (Å²) < 4.78 is 1.85. The number of aromatic nitrogens is 2. The topological polar surface area (TPSA) is 84.3 Å². The van der Waals surface area contributed by atoms with E-state index < -0.39 is 0 Å². The van der Waals surface area contributed by atoms with Crippen LogP contribution in [0.25, 0.3) is 27.8 Å². The van der Waals surface area contributed by atoms with Gasteiger partial charge < -0.3 is 15.9 Å². The van der Waals surface area contributed by atoms with Crippen LogP contribution in [-0.4, -0.2) is 19.8 Å². The Labute approximate surface area is 138 Å². The monoisotopic (exact) mass is 317 g/mol. The number of hydrogen-bond acceptors (Lipinski definition) is 4. The first-order valence-electron chi connectivity index (χ1n) is 7.48. The van der Waals surface area contributed by atoms with Crippen LogP contribution in [0.5, 0.6) is 11.5 Å². The van der Waals surface area contributed by atoms with Gasteiger partial charge in [0, 0.05) is 5.69 Å². The zero-order valence-electron chi connectivity index (χ0n) is 12.7. The SMILES string of the molecule is Nc1nc2ccc(-c3ccc(O)cc3)cc2n1-c1ccc(O)cc1. The van der Waals surface area contributed by atoms with E-state index in [4.69, 9.17) is 5.73 Å². The summed E-state index contributed by atoms with van der Waals surface area (Å²) in [4.78, 5) is 4.40. The normalized spacial score (nSPS) is 11.0. The lowest BCUT2D eigenvalue weighted by molar-refractivity contribution is 0.475. The number of hydrogen-bond donors (Lipinski definition) is 3. The van der Waals surface area contributed by atoms with Gasteiger partial charge in [-0.05, 0) is 59.7 Å². The Morgan fingerprint density at radius 3 is 2.00 bits per heavy atom. The Bertz CT molecular complexity index is 1020. The lowest BCUT2D eigenvalue weighted by Crippen LogP contribution is -2.00. The number of imidazole rings is 1. The van der Waals surface area contributed by atoms with Crippen molar-refractivity contribution in [3.05, 3.63) is 66.7 Å². The van der Waals surface area contributed by atoms with Gasteiger partial charge in [-0.25, -0.2) is 4.98 Å². The molecule has 0 fully saturated rings. The number of phenolic OH excluding ortho intramolecular Hbond substituents is 2. The van der Waals surface area contributed by atoms with Crippen molar-refractivity contribution in [3.63, 3.8) is 0 Å². The van der Waals surface area contributed by atoms with E-state index in [0.29, 0.717) is 5.95 Å². The molecule has 3 aromatic carbocycles. The summed E-state index contributed by atoms with van der Waals surface area (Å²) in [5.74, 6) is 0.822. The summed E-state index contributed by atoms with van der Waals surface area (Å²) in [6.07, 6.45) is 0. The molecule has 0 unspecified atom stereocenters. The minimum atomic E-state index is 0.200. The third-order valence-corrected chi connectivity index (χ3v) is 3.99. The van der Waals surface area contributed by atoms with Gasteiger partial charge in [0.05, 0.1) is 11.0 Å². The van der Waals surface area contributed by atoms with Crippen molar-refractivity contribution >= 4 is 17.0 Å². The molecule has 5 heteroatoms. The van der Waals surface area contributed by atoms with Crippen molar-refractivity contribution in [3.8, 4) is 28.3 Å². The van der Waals surface area contributed by atoms with Crippen molar-refractivity contribution in [1.82, 2.24) is 9.55 Å². The molecule has 0 saturated heterocycles. The van der Waals surface area contributed by atoms with E-state index in [2.05, 4.69) is 4.98 Å². The molecule has 0 aliphatic rings. The van der Waals surface area contributed by atoms with Crippen LogP contribution in [-0.2, 0) is 0 Å². The molecule has 0 bridgehead atoms. The number of nitrogens with zero attached hydrogens (tertiary/aromatic N) is 2. The number of rotatable bonds is 2. The fourth-order valence-electron chi connectivity index (χ4n) is 2.80. The standard InChI is InChI=1S/C19H15N3O2/c20-19-21-17-10-3-13(12-1-6-15(23)7-2-12)11-18(17)22(19)14-4-8-16(24)9-5-14/h1-11,23-24H,(H2,20,21). The number of nitrogens with two attached hydrogens (primary N) is 1. The van der Waals surface area contributed by atoms with Crippen molar-refractivity contribution < 1.29 is 10.2 Å². The smallest absolute Gasteiger partial charge is 0.205 e. The van der Waals surface area contributed by atoms with Gasteiger partial charge in [-0.1, -0.05) is 18.2 Å². The van der Waals surface area contributed by atoms with Gasteiger partial charge in [0.15, 0.2) is 0 Å². The predicted molar refractivity (Wildman–Crippen MR) is 94.2 cm³/mol. The molecule has 0 aliphatic heterocycles. The fraction of sp³-hybridized carbons (Fsp3) is 0. The van der Waals surface area contributed by atoms with Crippen molar-refractivity contribution in [2.45, 2.75) is 0 Å². The highest BCUT2D eigenvalue weighted by Gasteiger charge is 2.11. The second-order valence-electron chi connectivity index (χ2n) is 5.57. The zero-order valence-corrected chi connectivity index (χ0v) is 12.7. The van der Waals surface area contributed by atoms with E-state index in [0.717, 1.165) is 27.8 Å². The van der Waals surface area contributed by atoms with E-state index in [1.54, 1.807) is 36.4 Å². The van der Waals surface area contributed by atoms with E-state index >= 15 is 0 Å². The van der Waals surface area contributed by atoms with Crippen LogP contribution in [0.15, 0.2) is 66.7 Å². The highest BCUT2D eigenvalue weighted by molar-refractivity contribution is 5.86. The summed E-state index contributed by atoms with van der Waals surface area (Å²) in [6.45, 7) is 0. The summed E-state index contributed by atoms with van der Waals surface area (Å²) in [7, 11) is 0. The molecule has 5 nitrogen and oxygen atoms in total. The van der Waals surface area contributed by atoms with Crippen LogP contribution >= 0.6 is 0 Å². The second kappa shape index (κ2) is 5.31. The van der Waals surface area contributed by atoms with Gasteiger partial charge in [0.1, 0.15) is 11.5 Å². The lowest BCUT2D eigenvalue weighted by Gasteiger charge is -2.08. The predicted octanol–water partition coefficient (Wildman–Crippen LogP) is 3.69. The van der Waals surface area contributed by atoms with Crippen molar-refractivity contribution in [1.29, 1.82) is 0 Å². The molecule has 0 aliphatic carbocycles. The Kier molecular flexibility index (Phi) is 3.13. The average molecular weight is 317 g/mol. The molecule has 4 N–H and O–H groups in total. The lowest BCUT2D eigenvalue weighted by atomic mass is 10.0. The summed E-state index contributed by atoms with van der Waals surface area (Å²) in [5, 5.41) is 18.9. The fourth-order valence-corrected chi connectivity index (χ4v) is 2.80. The maximum atomic E-state index is 9.48. The van der Waals surface area contributed by atoms with Gasteiger partial charge in [0.2, 0.25) is 5.95 Å². The molecule has 4 aromatic rings. The highest BCUT2D eigenvalue weighted by Crippen LogP contribution is 2.29. The van der Waals surface area contributed by atoms with Crippen molar-refractivity contribution in [2.75, 3.05) is 5.73 Å². The second-order valence-corrected chi connectivity index (χ2v) is 5.57. The van der Waals surface area contributed by atoms with Gasteiger partial charge >= 0.3 is 0 Å². The molecule has 0 amide bonds. The maximum absolute atomic E-state index is 9.48. The average Bonchev–Trinajstić information content (AvgIpc) is 2.91. The summed E-state index contributed by atoms with van der Waals surface area (Å²) in [5.41, 5.74) is 10.6. The molecule has 4 rings (SSSR count). The molecule has 0 radical (unpaired) electrons. The Balaban J connectivity index is 1.91. The molecule has 24 heavy (non-hydrogen) atoms. The van der Waals surface area contributed by atoms with Gasteiger partial charge in [0.25, 0.3) is 0 Å². The molecule has 1 aromatic heterocycles. The molecular formula is C19H15N3O2. The van der Waals surface area contributed by atoms with Crippen LogP contribution in [0.1, 0.15) is 0 Å². The van der Waals surface area contributed by atoms with Gasteiger partial charge in [-0.15, -0.1) is 0 Å².